The predicted molar refractivity (Wildman–Crippen MR) is 115 cm³/mol. The molecule has 1 aliphatic heterocycles. The molecule has 0 radical (unpaired) electrons. The molecule has 28 heavy (non-hydrogen) atoms. The second kappa shape index (κ2) is 9.11. The standard InChI is InChI=1S/C23H31N3O2/c1-5-6-12-25-13-7-8-19(16-25)23(27)26-17-18(11-14-24(2)3)21-10-9-20(28-4)15-22(21)26/h7,9-10,13,15-17H,5-6,8,11-12,14H2,1-4H3. The molecular weight excluding hydrogens is 350 g/mol. The lowest BCUT2D eigenvalue weighted by Crippen LogP contribution is -2.20. The van der Waals surface area contributed by atoms with Crippen molar-refractivity contribution in [2.45, 2.75) is 32.6 Å². The van der Waals surface area contributed by atoms with Gasteiger partial charge >= 0.3 is 0 Å². The number of carbonyl (C=O) groups is 1. The maximum Gasteiger partial charge on any atom is 0.260 e. The van der Waals surface area contributed by atoms with Crippen molar-refractivity contribution in [2.75, 3.05) is 34.3 Å². The van der Waals surface area contributed by atoms with E-state index < -0.39 is 0 Å². The van der Waals surface area contributed by atoms with Crippen LogP contribution >= 0.6 is 0 Å². The zero-order valence-electron chi connectivity index (χ0n) is 17.4. The summed E-state index contributed by atoms with van der Waals surface area (Å²) in [6.07, 6.45) is 12.0. The molecular formula is C23H31N3O2. The van der Waals surface area contributed by atoms with Gasteiger partial charge in [-0.05, 0) is 57.3 Å². The van der Waals surface area contributed by atoms with Crippen LogP contribution in [0.25, 0.3) is 10.9 Å². The number of methoxy groups -OCH3 is 1. The van der Waals surface area contributed by atoms with E-state index in [1.807, 2.05) is 24.5 Å². The van der Waals surface area contributed by atoms with Crippen LogP contribution in [0.1, 0.15) is 36.5 Å². The molecule has 1 aromatic carbocycles. The van der Waals surface area contributed by atoms with E-state index in [2.05, 4.69) is 49.2 Å². The summed E-state index contributed by atoms with van der Waals surface area (Å²) in [5.74, 6) is 0.807. The van der Waals surface area contributed by atoms with Crippen LogP contribution in [0.2, 0.25) is 0 Å². The van der Waals surface area contributed by atoms with Gasteiger partial charge in [-0.25, -0.2) is 0 Å². The van der Waals surface area contributed by atoms with Gasteiger partial charge in [0.15, 0.2) is 0 Å². The smallest absolute Gasteiger partial charge is 0.260 e. The number of benzene rings is 1. The van der Waals surface area contributed by atoms with Crippen LogP contribution in [0.15, 0.2) is 48.4 Å². The number of hydrogen-bond acceptors (Lipinski definition) is 4. The first kappa shape index (κ1) is 20.2. The summed E-state index contributed by atoms with van der Waals surface area (Å²) >= 11 is 0. The largest absolute Gasteiger partial charge is 0.497 e. The Balaban J connectivity index is 1.96. The first-order chi connectivity index (χ1) is 13.5. The number of nitrogens with zero attached hydrogens (tertiary/aromatic N) is 3. The van der Waals surface area contributed by atoms with Gasteiger partial charge < -0.3 is 14.5 Å². The van der Waals surface area contributed by atoms with Crippen LogP contribution < -0.4 is 4.74 Å². The molecule has 3 rings (SSSR count). The van der Waals surface area contributed by atoms with E-state index in [-0.39, 0.29) is 5.91 Å². The SMILES string of the molecule is CCCCN1C=CCC(C(=O)n2cc(CCN(C)C)c3ccc(OC)cc32)=C1. The second-order valence-corrected chi connectivity index (χ2v) is 7.60. The van der Waals surface area contributed by atoms with Crippen molar-refractivity contribution < 1.29 is 9.53 Å². The molecule has 0 saturated carbocycles. The maximum atomic E-state index is 13.4. The number of carbonyl (C=O) groups excluding carboxylic acids is 1. The summed E-state index contributed by atoms with van der Waals surface area (Å²) in [6.45, 7) is 4.06. The molecule has 1 aromatic heterocycles. The molecule has 0 fully saturated rings. The van der Waals surface area contributed by atoms with Crippen molar-refractivity contribution >= 4 is 16.8 Å². The fourth-order valence-electron chi connectivity index (χ4n) is 3.50. The number of fused-ring (bicyclic) bond motifs is 1. The number of ether oxygens (including phenoxy) is 1. The molecule has 150 valence electrons. The molecule has 0 aliphatic carbocycles. The number of allylic oxidation sites excluding steroid dienone is 2. The van der Waals surface area contributed by atoms with E-state index in [0.29, 0.717) is 6.42 Å². The van der Waals surface area contributed by atoms with Gasteiger partial charge in [0.2, 0.25) is 0 Å². The monoisotopic (exact) mass is 381 g/mol. The number of rotatable bonds is 8. The molecule has 0 atom stereocenters. The molecule has 0 unspecified atom stereocenters. The van der Waals surface area contributed by atoms with Crippen LogP contribution in [0, 0.1) is 0 Å². The van der Waals surface area contributed by atoms with Gasteiger partial charge in [0.05, 0.1) is 12.6 Å². The Morgan fingerprint density at radius 3 is 2.82 bits per heavy atom. The van der Waals surface area contributed by atoms with Crippen molar-refractivity contribution in [3.05, 3.63) is 54.0 Å². The Bertz CT molecular complexity index is 893. The van der Waals surface area contributed by atoms with E-state index in [9.17, 15) is 4.79 Å². The van der Waals surface area contributed by atoms with Gasteiger partial charge in [-0.1, -0.05) is 19.4 Å². The van der Waals surface area contributed by atoms with E-state index in [4.69, 9.17) is 4.74 Å². The number of hydrogen-bond donors (Lipinski definition) is 0. The minimum Gasteiger partial charge on any atom is -0.497 e. The van der Waals surface area contributed by atoms with Crippen LogP contribution in [0.4, 0.5) is 0 Å². The van der Waals surface area contributed by atoms with Gasteiger partial charge in [-0.15, -0.1) is 0 Å². The van der Waals surface area contributed by atoms with Crippen LogP contribution in [-0.4, -0.2) is 54.6 Å². The minimum absolute atomic E-state index is 0.0419. The van der Waals surface area contributed by atoms with E-state index in [0.717, 1.165) is 54.6 Å². The van der Waals surface area contributed by atoms with Crippen molar-refractivity contribution in [3.8, 4) is 5.75 Å². The Morgan fingerprint density at radius 2 is 2.11 bits per heavy atom. The first-order valence-corrected chi connectivity index (χ1v) is 10.0. The highest BCUT2D eigenvalue weighted by molar-refractivity contribution is 6.03. The third kappa shape index (κ3) is 4.47. The highest BCUT2D eigenvalue weighted by Crippen LogP contribution is 2.28. The van der Waals surface area contributed by atoms with Gasteiger partial charge in [-0.3, -0.25) is 9.36 Å². The van der Waals surface area contributed by atoms with Gasteiger partial charge in [-0.2, -0.15) is 0 Å². The lowest BCUT2D eigenvalue weighted by atomic mass is 10.1. The first-order valence-electron chi connectivity index (χ1n) is 10.0. The fourth-order valence-corrected chi connectivity index (χ4v) is 3.50. The van der Waals surface area contributed by atoms with E-state index in [1.165, 1.54) is 5.56 Å². The number of aromatic nitrogens is 1. The number of unbranched alkanes of at least 4 members (excludes halogenated alkanes) is 1. The summed E-state index contributed by atoms with van der Waals surface area (Å²) < 4.78 is 7.20. The average Bonchev–Trinajstić information content (AvgIpc) is 3.08. The zero-order chi connectivity index (χ0) is 20.1. The molecule has 0 bridgehead atoms. The Hall–Kier alpha value is -2.53. The van der Waals surface area contributed by atoms with E-state index >= 15 is 0 Å². The predicted octanol–water partition coefficient (Wildman–Crippen LogP) is 4.30. The van der Waals surface area contributed by atoms with Crippen molar-refractivity contribution in [3.63, 3.8) is 0 Å². The fraction of sp³-hybridized carbons (Fsp3) is 0.435. The van der Waals surface area contributed by atoms with Crippen molar-refractivity contribution in [1.82, 2.24) is 14.4 Å². The van der Waals surface area contributed by atoms with Crippen molar-refractivity contribution in [1.29, 1.82) is 0 Å². The molecule has 2 heterocycles. The van der Waals surface area contributed by atoms with Gasteiger partial charge in [0.1, 0.15) is 5.75 Å². The lowest BCUT2D eigenvalue weighted by Gasteiger charge is -2.21. The summed E-state index contributed by atoms with van der Waals surface area (Å²) in [4.78, 5) is 17.7. The Morgan fingerprint density at radius 1 is 1.29 bits per heavy atom. The number of likely N-dealkylation sites (N-methyl/N-ethyl adjacent to an activating group) is 1. The molecule has 2 aromatic rings. The zero-order valence-corrected chi connectivity index (χ0v) is 17.4. The molecule has 5 heteroatoms. The van der Waals surface area contributed by atoms with E-state index in [1.54, 1.807) is 11.7 Å². The Labute approximate surface area is 167 Å². The molecule has 5 nitrogen and oxygen atoms in total. The quantitative estimate of drug-likeness (QED) is 0.683. The highest BCUT2D eigenvalue weighted by Gasteiger charge is 2.19. The molecule has 0 amide bonds. The average molecular weight is 382 g/mol. The van der Waals surface area contributed by atoms with Crippen LogP contribution in [0.3, 0.4) is 0 Å². The summed E-state index contributed by atoms with van der Waals surface area (Å²) in [6, 6.07) is 5.98. The third-order valence-electron chi connectivity index (χ3n) is 5.14. The minimum atomic E-state index is 0.0419. The molecule has 0 saturated heterocycles. The maximum absolute atomic E-state index is 13.4. The summed E-state index contributed by atoms with van der Waals surface area (Å²) in [5.41, 5.74) is 2.92. The second-order valence-electron chi connectivity index (χ2n) is 7.60. The highest BCUT2D eigenvalue weighted by atomic mass is 16.5. The van der Waals surface area contributed by atoms with Gasteiger partial charge in [0.25, 0.3) is 5.91 Å². The molecule has 1 aliphatic rings. The normalized spacial score (nSPS) is 14.0. The third-order valence-corrected chi connectivity index (χ3v) is 5.14. The van der Waals surface area contributed by atoms with Gasteiger partial charge in [0, 0.05) is 42.5 Å². The Kier molecular flexibility index (Phi) is 6.57. The molecule has 0 spiro atoms. The molecule has 0 N–H and O–H groups in total. The van der Waals surface area contributed by atoms with Crippen LogP contribution in [0.5, 0.6) is 5.75 Å². The summed E-state index contributed by atoms with van der Waals surface area (Å²) in [7, 11) is 5.79. The van der Waals surface area contributed by atoms with Crippen LogP contribution in [-0.2, 0) is 6.42 Å². The van der Waals surface area contributed by atoms with Crippen molar-refractivity contribution in [2.24, 2.45) is 0 Å². The lowest BCUT2D eigenvalue weighted by molar-refractivity contribution is 0.0955. The summed E-state index contributed by atoms with van der Waals surface area (Å²) in [5, 5.41) is 1.12. The topological polar surface area (TPSA) is 37.7 Å².